The van der Waals surface area contributed by atoms with Crippen molar-refractivity contribution in [2.45, 2.75) is 52.4 Å². The van der Waals surface area contributed by atoms with Crippen LogP contribution in [0.5, 0.6) is 0 Å². The predicted octanol–water partition coefficient (Wildman–Crippen LogP) is 2.83. The summed E-state index contributed by atoms with van der Waals surface area (Å²) in [6, 6.07) is 0. The second-order valence-electron chi connectivity index (χ2n) is 6.29. The summed E-state index contributed by atoms with van der Waals surface area (Å²) in [5, 5.41) is 5.60. The SMILES string of the molecule is CCC#CCNC(=O)COCCOC(C)(C)SSCCNC(=O)C(C)CC. The predicted molar refractivity (Wildman–Crippen MR) is 114 cm³/mol. The van der Waals surface area contributed by atoms with Gasteiger partial charge < -0.3 is 20.1 Å². The fraction of sp³-hybridized carbons (Fsp3) is 0.789. The molecule has 1 unspecified atom stereocenters. The van der Waals surface area contributed by atoms with Gasteiger partial charge in [-0.25, -0.2) is 0 Å². The van der Waals surface area contributed by atoms with E-state index >= 15 is 0 Å². The third kappa shape index (κ3) is 15.8. The maximum atomic E-state index is 11.7. The lowest BCUT2D eigenvalue weighted by Crippen LogP contribution is -2.30. The van der Waals surface area contributed by atoms with Crippen molar-refractivity contribution in [1.82, 2.24) is 10.6 Å². The van der Waals surface area contributed by atoms with Crippen LogP contribution < -0.4 is 10.6 Å². The number of ether oxygens (including phenoxy) is 2. The van der Waals surface area contributed by atoms with Gasteiger partial charge in [-0.3, -0.25) is 9.59 Å². The molecule has 1 atom stereocenters. The van der Waals surface area contributed by atoms with Crippen molar-refractivity contribution in [2.24, 2.45) is 5.92 Å². The summed E-state index contributed by atoms with van der Waals surface area (Å²) >= 11 is 0. The van der Waals surface area contributed by atoms with Crippen molar-refractivity contribution in [2.75, 3.05) is 38.7 Å². The van der Waals surface area contributed by atoms with Gasteiger partial charge in [-0.1, -0.05) is 48.3 Å². The highest BCUT2D eigenvalue weighted by Gasteiger charge is 2.19. The molecule has 0 radical (unpaired) electrons. The number of nitrogens with one attached hydrogen (secondary N) is 2. The van der Waals surface area contributed by atoms with E-state index < -0.39 is 0 Å². The molecule has 0 heterocycles. The molecule has 27 heavy (non-hydrogen) atoms. The van der Waals surface area contributed by atoms with E-state index in [1.54, 1.807) is 21.6 Å². The molecule has 0 rings (SSSR count). The van der Waals surface area contributed by atoms with Gasteiger partial charge in [0.15, 0.2) is 0 Å². The molecule has 2 amide bonds. The van der Waals surface area contributed by atoms with E-state index in [-0.39, 0.29) is 29.3 Å². The van der Waals surface area contributed by atoms with Crippen LogP contribution in [0, 0.1) is 17.8 Å². The van der Waals surface area contributed by atoms with Crippen molar-refractivity contribution in [3.8, 4) is 11.8 Å². The first-order chi connectivity index (χ1) is 12.8. The van der Waals surface area contributed by atoms with E-state index in [0.29, 0.717) is 26.3 Å². The van der Waals surface area contributed by atoms with Gasteiger partial charge in [-0.2, -0.15) is 0 Å². The van der Waals surface area contributed by atoms with Crippen molar-refractivity contribution in [1.29, 1.82) is 0 Å². The molecular formula is C19H34N2O4S2. The first kappa shape index (κ1) is 26.1. The number of rotatable bonds is 14. The van der Waals surface area contributed by atoms with Crippen LogP contribution in [0.25, 0.3) is 0 Å². The zero-order valence-corrected chi connectivity index (χ0v) is 18.8. The lowest BCUT2D eigenvalue weighted by molar-refractivity contribution is -0.126. The molecule has 0 aromatic heterocycles. The van der Waals surface area contributed by atoms with Crippen LogP contribution in [-0.2, 0) is 19.1 Å². The van der Waals surface area contributed by atoms with Gasteiger partial charge in [-0.15, -0.1) is 5.92 Å². The number of carbonyl (C=O) groups excluding carboxylic acids is 2. The number of amides is 2. The molecule has 0 fully saturated rings. The molecule has 0 aromatic rings. The second-order valence-corrected chi connectivity index (χ2v) is 9.29. The maximum Gasteiger partial charge on any atom is 0.246 e. The molecule has 8 heteroatoms. The van der Waals surface area contributed by atoms with Gasteiger partial charge in [0.25, 0.3) is 0 Å². The Bertz CT molecular complexity index is 490. The lowest BCUT2D eigenvalue weighted by atomic mass is 10.1. The maximum absolute atomic E-state index is 11.7. The highest BCUT2D eigenvalue weighted by molar-refractivity contribution is 8.77. The highest BCUT2D eigenvalue weighted by atomic mass is 33.1. The first-order valence-electron chi connectivity index (χ1n) is 9.34. The van der Waals surface area contributed by atoms with Crippen molar-refractivity contribution in [3.63, 3.8) is 0 Å². The van der Waals surface area contributed by atoms with E-state index in [1.165, 1.54) is 0 Å². The van der Waals surface area contributed by atoms with Crippen LogP contribution in [0.3, 0.4) is 0 Å². The summed E-state index contributed by atoms with van der Waals surface area (Å²) in [4.78, 5) is 22.8. The van der Waals surface area contributed by atoms with Gasteiger partial charge >= 0.3 is 0 Å². The van der Waals surface area contributed by atoms with Crippen LogP contribution in [0.1, 0.15) is 47.5 Å². The molecule has 156 valence electrons. The second kappa shape index (κ2) is 16.1. The third-order valence-corrected chi connectivity index (χ3v) is 6.46. The molecule has 0 aromatic carbocycles. The first-order valence-corrected chi connectivity index (χ1v) is 11.7. The van der Waals surface area contributed by atoms with Crippen LogP contribution >= 0.6 is 21.6 Å². The molecule has 0 aliphatic rings. The number of hydrogen-bond acceptors (Lipinski definition) is 6. The smallest absolute Gasteiger partial charge is 0.246 e. The van der Waals surface area contributed by atoms with Gasteiger partial charge in [0, 0.05) is 24.6 Å². The average Bonchev–Trinajstić information content (AvgIpc) is 2.63. The summed E-state index contributed by atoms with van der Waals surface area (Å²) in [5.74, 6) is 6.54. The summed E-state index contributed by atoms with van der Waals surface area (Å²) in [7, 11) is 3.28. The van der Waals surface area contributed by atoms with E-state index in [4.69, 9.17) is 9.47 Å². The Balaban J connectivity index is 3.68. The quantitative estimate of drug-likeness (QED) is 0.196. The van der Waals surface area contributed by atoms with E-state index in [2.05, 4.69) is 22.5 Å². The summed E-state index contributed by atoms with van der Waals surface area (Å²) in [6.07, 6.45) is 1.63. The highest BCUT2D eigenvalue weighted by Crippen LogP contribution is 2.36. The largest absolute Gasteiger partial charge is 0.369 e. The van der Waals surface area contributed by atoms with Gasteiger partial charge in [0.05, 0.1) is 19.8 Å². The Kier molecular flexibility index (Phi) is 15.6. The van der Waals surface area contributed by atoms with Crippen LogP contribution in [0.15, 0.2) is 0 Å². The summed E-state index contributed by atoms with van der Waals surface area (Å²) in [6.45, 7) is 11.7. The third-order valence-electron chi connectivity index (χ3n) is 3.39. The molecule has 0 aliphatic heterocycles. The van der Waals surface area contributed by atoms with Crippen molar-refractivity contribution < 1.29 is 19.1 Å². The standard InChI is InChI=1S/C19H34N2O4S2/c1-6-8-9-10-20-17(22)15-24-12-13-25-19(4,5)27-26-14-11-21-18(23)16(3)7-2/h16H,6-7,10-15H2,1-5H3,(H,20,22)(H,21,23). The van der Waals surface area contributed by atoms with Crippen molar-refractivity contribution in [3.05, 3.63) is 0 Å². The molecule has 0 aliphatic carbocycles. The Hall–Kier alpha value is -0.880. The van der Waals surface area contributed by atoms with E-state index in [9.17, 15) is 9.59 Å². The van der Waals surface area contributed by atoms with Gasteiger partial charge in [0.1, 0.15) is 11.5 Å². The van der Waals surface area contributed by atoms with Crippen molar-refractivity contribution >= 4 is 33.4 Å². The molecule has 2 N–H and O–H groups in total. The van der Waals surface area contributed by atoms with E-state index in [0.717, 1.165) is 18.6 Å². The molecule has 0 saturated carbocycles. The fourth-order valence-electron chi connectivity index (χ4n) is 1.68. The zero-order chi connectivity index (χ0) is 20.5. The van der Waals surface area contributed by atoms with E-state index in [1.807, 2.05) is 34.6 Å². The molecule has 0 bridgehead atoms. The number of hydrogen-bond donors (Lipinski definition) is 2. The Labute approximate surface area is 172 Å². The average molecular weight is 419 g/mol. The van der Waals surface area contributed by atoms with Gasteiger partial charge in [-0.05, 0) is 20.3 Å². The Morgan fingerprint density at radius 1 is 1.15 bits per heavy atom. The lowest BCUT2D eigenvalue weighted by Gasteiger charge is -2.24. The molecule has 6 nitrogen and oxygen atoms in total. The summed E-state index contributed by atoms with van der Waals surface area (Å²) < 4.78 is 11.1. The minimum atomic E-state index is -0.368. The van der Waals surface area contributed by atoms with Crippen LogP contribution in [0.2, 0.25) is 0 Å². The Morgan fingerprint density at radius 2 is 1.89 bits per heavy atom. The topological polar surface area (TPSA) is 76.7 Å². The Morgan fingerprint density at radius 3 is 2.56 bits per heavy atom. The minimum Gasteiger partial charge on any atom is -0.369 e. The minimum absolute atomic E-state index is 0.00929. The molecule has 0 saturated heterocycles. The summed E-state index contributed by atoms with van der Waals surface area (Å²) in [5.41, 5.74) is 0. The molecular weight excluding hydrogens is 384 g/mol. The van der Waals surface area contributed by atoms with Crippen LogP contribution in [-0.4, -0.2) is 55.4 Å². The zero-order valence-electron chi connectivity index (χ0n) is 17.2. The fourth-order valence-corrected chi connectivity index (χ4v) is 3.86. The van der Waals surface area contributed by atoms with Crippen LogP contribution in [0.4, 0.5) is 0 Å². The molecule has 0 spiro atoms. The monoisotopic (exact) mass is 418 g/mol. The normalized spacial score (nSPS) is 12.0. The number of carbonyl (C=O) groups is 2. The van der Waals surface area contributed by atoms with Gasteiger partial charge in [0.2, 0.25) is 11.8 Å².